The number of nitrogens with one attached hydrogen (secondary N) is 1. The quantitative estimate of drug-likeness (QED) is 0.822. The van der Waals surface area contributed by atoms with Gasteiger partial charge in [-0.05, 0) is 17.7 Å². The van der Waals surface area contributed by atoms with Crippen LogP contribution in [0.1, 0.15) is 11.7 Å². The summed E-state index contributed by atoms with van der Waals surface area (Å²) in [6, 6.07) is 6.18. The summed E-state index contributed by atoms with van der Waals surface area (Å²) in [7, 11) is 0. The van der Waals surface area contributed by atoms with Gasteiger partial charge in [0.05, 0.1) is 19.3 Å². The van der Waals surface area contributed by atoms with E-state index in [2.05, 4.69) is 5.32 Å². The Hall–Kier alpha value is -1.99. The number of nitrogens with zero attached hydrogens (tertiary/aromatic N) is 1. The molecule has 7 heteroatoms. The molecule has 0 aliphatic carbocycles. The topological polar surface area (TPSA) is 78.9 Å². The second-order valence-electron chi connectivity index (χ2n) is 4.82. The Balaban J connectivity index is 1.89. The Morgan fingerprint density at radius 1 is 1.48 bits per heavy atom. The molecule has 0 bridgehead atoms. The number of benzene rings is 1. The van der Waals surface area contributed by atoms with E-state index in [4.69, 9.17) is 9.84 Å². The molecule has 21 heavy (non-hydrogen) atoms. The monoisotopic (exact) mass is 296 g/mol. The van der Waals surface area contributed by atoms with Crippen LogP contribution in [0.4, 0.5) is 4.39 Å². The normalized spacial score (nSPS) is 19.2. The highest BCUT2D eigenvalue weighted by molar-refractivity contribution is 5.82. The minimum Gasteiger partial charge on any atom is -0.480 e. The first-order valence-electron chi connectivity index (χ1n) is 6.62. The summed E-state index contributed by atoms with van der Waals surface area (Å²) in [4.78, 5) is 23.8. The van der Waals surface area contributed by atoms with Crippen molar-refractivity contribution in [3.63, 3.8) is 0 Å². The van der Waals surface area contributed by atoms with Gasteiger partial charge in [0.1, 0.15) is 12.4 Å². The van der Waals surface area contributed by atoms with Crippen LogP contribution >= 0.6 is 0 Å². The van der Waals surface area contributed by atoms with Gasteiger partial charge in [-0.25, -0.2) is 4.39 Å². The molecule has 2 N–H and O–H groups in total. The van der Waals surface area contributed by atoms with Gasteiger partial charge in [0.2, 0.25) is 5.91 Å². The van der Waals surface area contributed by atoms with Crippen LogP contribution in [0.15, 0.2) is 24.3 Å². The summed E-state index contributed by atoms with van der Waals surface area (Å²) in [6.45, 7) is 1.18. The van der Waals surface area contributed by atoms with Gasteiger partial charge in [-0.2, -0.15) is 0 Å². The second-order valence-corrected chi connectivity index (χ2v) is 4.82. The van der Waals surface area contributed by atoms with Crippen molar-refractivity contribution in [3.8, 4) is 0 Å². The second kappa shape index (κ2) is 7.14. The largest absolute Gasteiger partial charge is 0.480 e. The summed E-state index contributed by atoms with van der Waals surface area (Å²) >= 11 is 0. The van der Waals surface area contributed by atoms with Crippen molar-refractivity contribution in [2.24, 2.45) is 0 Å². The minimum absolute atomic E-state index is 0.0997. The van der Waals surface area contributed by atoms with E-state index >= 15 is 0 Å². The number of morpholine rings is 1. The third kappa shape index (κ3) is 4.80. The molecule has 1 amide bonds. The summed E-state index contributed by atoms with van der Waals surface area (Å²) in [5.41, 5.74) is 0.727. The molecule has 0 spiro atoms. The standard InChI is InChI=1S/C14H17FN2O4/c15-11-3-1-2-10(6-11)12-8-17(4-5-21-12)9-13(18)16-7-14(19)20/h1-3,6,12H,4-5,7-9H2,(H,16,18)(H,19,20). The van der Waals surface area contributed by atoms with Crippen LogP contribution in [0.3, 0.4) is 0 Å². The van der Waals surface area contributed by atoms with Crippen molar-refractivity contribution in [2.75, 3.05) is 32.8 Å². The molecule has 1 aromatic rings. The van der Waals surface area contributed by atoms with Gasteiger partial charge in [0.15, 0.2) is 0 Å². The van der Waals surface area contributed by atoms with Gasteiger partial charge in [0, 0.05) is 13.1 Å². The number of aliphatic carboxylic acids is 1. The van der Waals surface area contributed by atoms with Crippen molar-refractivity contribution in [3.05, 3.63) is 35.6 Å². The predicted octanol–water partition coefficient (Wildman–Crippen LogP) is 0.400. The lowest BCUT2D eigenvalue weighted by Gasteiger charge is -2.32. The van der Waals surface area contributed by atoms with Gasteiger partial charge in [-0.15, -0.1) is 0 Å². The number of amides is 1. The molecule has 6 nitrogen and oxygen atoms in total. The molecule has 1 unspecified atom stereocenters. The molecule has 0 saturated carbocycles. The highest BCUT2D eigenvalue weighted by Gasteiger charge is 2.23. The Bertz CT molecular complexity index is 523. The van der Waals surface area contributed by atoms with Crippen LogP contribution in [-0.4, -0.2) is 54.7 Å². The van der Waals surface area contributed by atoms with Crippen LogP contribution in [0, 0.1) is 5.82 Å². The van der Waals surface area contributed by atoms with Crippen LogP contribution in [0.25, 0.3) is 0 Å². The molecule has 1 aliphatic heterocycles. The molecular weight excluding hydrogens is 279 g/mol. The number of hydrogen-bond acceptors (Lipinski definition) is 4. The van der Waals surface area contributed by atoms with E-state index in [1.54, 1.807) is 12.1 Å². The van der Waals surface area contributed by atoms with Crippen LogP contribution in [0.5, 0.6) is 0 Å². The van der Waals surface area contributed by atoms with E-state index < -0.39 is 12.5 Å². The number of halogens is 1. The fraction of sp³-hybridized carbons (Fsp3) is 0.429. The molecular formula is C14H17FN2O4. The minimum atomic E-state index is -1.08. The number of rotatable bonds is 5. The van der Waals surface area contributed by atoms with Crippen LogP contribution in [0.2, 0.25) is 0 Å². The molecule has 1 heterocycles. The smallest absolute Gasteiger partial charge is 0.322 e. The van der Waals surface area contributed by atoms with Crippen molar-refractivity contribution in [1.82, 2.24) is 10.2 Å². The molecule has 0 radical (unpaired) electrons. The Morgan fingerprint density at radius 3 is 3.00 bits per heavy atom. The van der Waals surface area contributed by atoms with Gasteiger partial charge >= 0.3 is 5.97 Å². The Morgan fingerprint density at radius 2 is 2.29 bits per heavy atom. The molecule has 1 atom stereocenters. The zero-order chi connectivity index (χ0) is 15.2. The molecule has 1 saturated heterocycles. The first-order valence-corrected chi connectivity index (χ1v) is 6.62. The third-order valence-electron chi connectivity index (χ3n) is 3.18. The van der Waals surface area contributed by atoms with Crippen molar-refractivity contribution in [2.45, 2.75) is 6.10 Å². The maximum atomic E-state index is 13.2. The highest BCUT2D eigenvalue weighted by Crippen LogP contribution is 2.22. The maximum Gasteiger partial charge on any atom is 0.322 e. The van der Waals surface area contributed by atoms with E-state index in [0.29, 0.717) is 19.7 Å². The lowest BCUT2D eigenvalue weighted by molar-refractivity contribution is -0.138. The molecule has 1 fully saturated rings. The molecule has 1 aromatic carbocycles. The highest BCUT2D eigenvalue weighted by atomic mass is 19.1. The maximum absolute atomic E-state index is 13.2. The SMILES string of the molecule is O=C(O)CNC(=O)CN1CCOC(c2cccc(F)c2)C1. The number of carbonyl (C=O) groups excluding carboxylic acids is 1. The number of carboxylic acids is 1. The van der Waals surface area contributed by atoms with Crippen molar-refractivity contribution in [1.29, 1.82) is 0 Å². The van der Waals surface area contributed by atoms with E-state index in [1.807, 2.05) is 4.90 Å². The Labute approximate surface area is 121 Å². The van der Waals surface area contributed by atoms with E-state index in [0.717, 1.165) is 5.56 Å². The summed E-state index contributed by atoms with van der Waals surface area (Å²) < 4.78 is 18.8. The number of carbonyl (C=O) groups is 2. The first-order chi connectivity index (χ1) is 10.0. The average Bonchev–Trinajstić information content (AvgIpc) is 2.45. The Kier molecular flexibility index (Phi) is 5.24. The first kappa shape index (κ1) is 15.4. The van der Waals surface area contributed by atoms with Gasteiger partial charge in [-0.3, -0.25) is 14.5 Å². The zero-order valence-corrected chi connectivity index (χ0v) is 11.4. The van der Waals surface area contributed by atoms with E-state index in [1.165, 1.54) is 12.1 Å². The fourth-order valence-corrected chi connectivity index (χ4v) is 2.19. The summed E-state index contributed by atoms with van der Waals surface area (Å²) in [5.74, 6) is -1.76. The van der Waals surface area contributed by atoms with Gasteiger partial charge in [0.25, 0.3) is 0 Å². The summed E-state index contributed by atoms with van der Waals surface area (Å²) in [5, 5.41) is 10.8. The fourth-order valence-electron chi connectivity index (χ4n) is 2.19. The third-order valence-corrected chi connectivity index (χ3v) is 3.18. The number of ether oxygens (including phenoxy) is 1. The van der Waals surface area contributed by atoms with Crippen LogP contribution < -0.4 is 5.32 Å². The zero-order valence-electron chi connectivity index (χ0n) is 11.4. The van der Waals surface area contributed by atoms with E-state index in [-0.39, 0.29) is 24.4 Å². The number of carboxylic acid groups (broad SMARTS) is 1. The lowest BCUT2D eigenvalue weighted by Crippen LogP contribution is -2.45. The lowest BCUT2D eigenvalue weighted by atomic mass is 10.1. The average molecular weight is 296 g/mol. The van der Waals surface area contributed by atoms with Crippen molar-refractivity contribution < 1.29 is 23.8 Å². The molecule has 2 rings (SSSR count). The van der Waals surface area contributed by atoms with Crippen molar-refractivity contribution >= 4 is 11.9 Å². The van der Waals surface area contributed by atoms with E-state index in [9.17, 15) is 14.0 Å². The summed E-state index contributed by atoms with van der Waals surface area (Å²) in [6.07, 6.45) is -0.290. The van der Waals surface area contributed by atoms with Gasteiger partial charge < -0.3 is 15.2 Å². The molecule has 0 aromatic heterocycles. The number of hydrogen-bond donors (Lipinski definition) is 2. The molecule has 114 valence electrons. The van der Waals surface area contributed by atoms with Gasteiger partial charge in [-0.1, -0.05) is 12.1 Å². The predicted molar refractivity (Wildman–Crippen MR) is 72.2 cm³/mol. The van der Waals surface area contributed by atoms with Crippen LogP contribution in [-0.2, 0) is 14.3 Å². The molecule has 1 aliphatic rings.